The molecule has 5 nitrogen and oxygen atoms in total. The molecule has 1 heterocycles. The van der Waals surface area contributed by atoms with E-state index in [-0.39, 0.29) is 23.4 Å². The first kappa shape index (κ1) is 14.4. The maximum Gasteiger partial charge on any atom is 0.305 e. The fourth-order valence-corrected chi connectivity index (χ4v) is 1.81. The normalized spacial score (nSPS) is 11.9. The number of amides is 1. The van der Waals surface area contributed by atoms with Crippen LogP contribution < -0.4 is 5.32 Å². The van der Waals surface area contributed by atoms with Crippen LogP contribution in [0.4, 0.5) is 0 Å². The second kappa shape index (κ2) is 6.96. The van der Waals surface area contributed by atoms with Crippen LogP contribution >= 0.6 is 11.6 Å². The molecule has 1 aromatic heterocycles. The summed E-state index contributed by atoms with van der Waals surface area (Å²) in [5, 5.41) is 11.7. The Labute approximate surface area is 110 Å². The largest absolute Gasteiger partial charge is 0.481 e. The summed E-state index contributed by atoms with van der Waals surface area (Å²) in [4.78, 5) is 26.4. The number of nitrogens with one attached hydrogen (secondary N) is 1. The fourth-order valence-electron chi connectivity index (χ4n) is 1.61. The monoisotopic (exact) mass is 270 g/mol. The summed E-state index contributed by atoms with van der Waals surface area (Å²) < 4.78 is 0. The van der Waals surface area contributed by atoms with Gasteiger partial charge in [0.15, 0.2) is 0 Å². The summed E-state index contributed by atoms with van der Waals surface area (Å²) in [6, 6.07) is 1.12. The van der Waals surface area contributed by atoms with Gasteiger partial charge in [0, 0.05) is 18.4 Å². The number of hydrogen-bond donors (Lipinski definition) is 2. The molecule has 1 aromatic rings. The van der Waals surface area contributed by atoms with E-state index in [1.165, 1.54) is 18.5 Å². The molecule has 0 aromatic carbocycles. The minimum absolute atomic E-state index is 0.0950. The van der Waals surface area contributed by atoms with Gasteiger partial charge in [0.05, 0.1) is 17.0 Å². The SMILES string of the molecule is CCCC(CC(=O)O)NC(=O)c1ccncc1Cl. The molecule has 0 aliphatic carbocycles. The van der Waals surface area contributed by atoms with Crippen molar-refractivity contribution in [2.24, 2.45) is 0 Å². The van der Waals surface area contributed by atoms with Gasteiger partial charge in [0.25, 0.3) is 5.91 Å². The van der Waals surface area contributed by atoms with Gasteiger partial charge in [-0.15, -0.1) is 0 Å². The lowest BCUT2D eigenvalue weighted by Crippen LogP contribution is -2.36. The number of pyridine rings is 1. The predicted molar refractivity (Wildman–Crippen MR) is 67.7 cm³/mol. The highest BCUT2D eigenvalue weighted by Gasteiger charge is 2.17. The first-order valence-electron chi connectivity index (χ1n) is 5.66. The number of nitrogens with zero attached hydrogens (tertiary/aromatic N) is 1. The molecule has 0 spiro atoms. The average Bonchev–Trinajstić information content (AvgIpc) is 2.28. The Morgan fingerprint density at radius 2 is 2.28 bits per heavy atom. The van der Waals surface area contributed by atoms with Crippen LogP contribution in [0.25, 0.3) is 0 Å². The number of rotatable bonds is 6. The highest BCUT2D eigenvalue weighted by molar-refractivity contribution is 6.33. The minimum atomic E-state index is -0.936. The maximum atomic E-state index is 11.9. The number of carboxylic acids is 1. The van der Waals surface area contributed by atoms with Gasteiger partial charge in [-0.2, -0.15) is 0 Å². The van der Waals surface area contributed by atoms with Crippen molar-refractivity contribution in [3.05, 3.63) is 29.0 Å². The van der Waals surface area contributed by atoms with Gasteiger partial charge in [0.2, 0.25) is 0 Å². The number of aliphatic carboxylic acids is 1. The zero-order valence-corrected chi connectivity index (χ0v) is 10.8. The third-order valence-electron chi connectivity index (χ3n) is 2.41. The molecule has 0 fully saturated rings. The van der Waals surface area contributed by atoms with Gasteiger partial charge in [0.1, 0.15) is 0 Å². The Hall–Kier alpha value is -1.62. The number of hydrogen-bond acceptors (Lipinski definition) is 3. The van der Waals surface area contributed by atoms with E-state index in [4.69, 9.17) is 16.7 Å². The molecule has 0 bridgehead atoms. The Bertz CT molecular complexity index is 437. The third-order valence-corrected chi connectivity index (χ3v) is 2.71. The van der Waals surface area contributed by atoms with Crippen molar-refractivity contribution < 1.29 is 14.7 Å². The first-order valence-corrected chi connectivity index (χ1v) is 6.04. The molecule has 1 atom stereocenters. The molecule has 2 N–H and O–H groups in total. The molecule has 1 unspecified atom stereocenters. The highest BCUT2D eigenvalue weighted by Crippen LogP contribution is 2.14. The van der Waals surface area contributed by atoms with Crippen molar-refractivity contribution in [1.82, 2.24) is 10.3 Å². The second-order valence-corrected chi connectivity index (χ2v) is 4.32. The van der Waals surface area contributed by atoms with Gasteiger partial charge in [-0.1, -0.05) is 24.9 Å². The number of carboxylic acid groups (broad SMARTS) is 1. The lowest BCUT2D eigenvalue weighted by molar-refractivity contribution is -0.137. The van der Waals surface area contributed by atoms with Crippen molar-refractivity contribution in [3.8, 4) is 0 Å². The van der Waals surface area contributed by atoms with E-state index in [0.29, 0.717) is 12.0 Å². The van der Waals surface area contributed by atoms with E-state index < -0.39 is 5.97 Å². The van der Waals surface area contributed by atoms with E-state index >= 15 is 0 Å². The summed E-state index contributed by atoms with van der Waals surface area (Å²) in [6.45, 7) is 1.93. The van der Waals surface area contributed by atoms with Crippen molar-refractivity contribution in [1.29, 1.82) is 0 Å². The van der Waals surface area contributed by atoms with E-state index in [9.17, 15) is 9.59 Å². The molecule has 1 amide bonds. The number of carbonyl (C=O) groups is 2. The molecule has 0 radical (unpaired) electrons. The Kier molecular flexibility index (Phi) is 5.58. The van der Waals surface area contributed by atoms with E-state index in [2.05, 4.69) is 10.3 Å². The number of carbonyl (C=O) groups excluding carboxylic acids is 1. The maximum absolute atomic E-state index is 11.9. The Morgan fingerprint density at radius 3 is 2.83 bits per heavy atom. The van der Waals surface area contributed by atoms with E-state index in [1.807, 2.05) is 6.92 Å². The molecule has 0 saturated heterocycles. The van der Waals surface area contributed by atoms with Crippen LogP contribution in [0.2, 0.25) is 5.02 Å². The fraction of sp³-hybridized carbons (Fsp3) is 0.417. The van der Waals surface area contributed by atoms with Crippen LogP contribution in [0.1, 0.15) is 36.5 Å². The summed E-state index contributed by atoms with van der Waals surface area (Å²) in [6.07, 6.45) is 4.15. The van der Waals surface area contributed by atoms with Gasteiger partial charge in [-0.3, -0.25) is 14.6 Å². The van der Waals surface area contributed by atoms with Gasteiger partial charge in [-0.05, 0) is 12.5 Å². The molecule has 0 aliphatic rings. The van der Waals surface area contributed by atoms with E-state index in [1.54, 1.807) is 0 Å². The van der Waals surface area contributed by atoms with Crippen LogP contribution in [-0.2, 0) is 4.79 Å². The summed E-state index contributed by atoms with van der Waals surface area (Å²) in [7, 11) is 0. The molecule has 18 heavy (non-hydrogen) atoms. The van der Waals surface area contributed by atoms with Crippen molar-refractivity contribution in [3.63, 3.8) is 0 Å². The number of aromatic nitrogens is 1. The van der Waals surface area contributed by atoms with Crippen molar-refractivity contribution in [2.45, 2.75) is 32.2 Å². The summed E-state index contributed by atoms with van der Waals surface area (Å²) in [5.74, 6) is -1.31. The first-order chi connectivity index (χ1) is 8.54. The van der Waals surface area contributed by atoms with Crippen LogP contribution in [0.5, 0.6) is 0 Å². The van der Waals surface area contributed by atoms with Gasteiger partial charge >= 0.3 is 5.97 Å². The van der Waals surface area contributed by atoms with Crippen LogP contribution in [0.3, 0.4) is 0 Å². The standard InChI is InChI=1S/C12H15ClN2O3/c1-2-3-8(6-11(16)17)15-12(18)9-4-5-14-7-10(9)13/h4-5,7-8H,2-3,6H2,1H3,(H,15,18)(H,16,17). The molecular formula is C12H15ClN2O3. The second-order valence-electron chi connectivity index (χ2n) is 3.91. The molecular weight excluding hydrogens is 256 g/mol. The zero-order chi connectivity index (χ0) is 13.5. The quantitative estimate of drug-likeness (QED) is 0.830. The molecule has 1 rings (SSSR count). The molecule has 0 aliphatic heterocycles. The van der Waals surface area contributed by atoms with Crippen LogP contribution in [0, 0.1) is 0 Å². The number of halogens is 1. The topological polar surface area (TPSA) is 79.3 Å². The minimum Gasteiger partial charge on any atom is -0.481 e. The summed E-state index contributed by atoms with van der Waals surface area (Å²) >= 11 is 5.85. The smallest absolute Gasteiger partial charge is 0.305 e. The van der Waals surface area contributed by atoms with Gasteiger partial charge < -0.3 is 10.4 Å². The predicted octanol–water partition coefficient (Wildman–Crippen LogP) is 2.11. The highest BCUT2D eigenvalue weighted by atomic mass is 35.5. The lowest BCUT2D eigenvalue weighted by atomic mass is 10.1. The lowest BCUT2D eigenvalue weighted by Gasteiger charge is -2.16. The molecule has 0 saturated carbocycles. The summed E-state index contributed by atoms with van der Waals surface area (Å²) in [5.41, 5.74) is 0.304. The average molecular weight is 271 g/mol. The van der Waals surface area contributed by atoms with Crippen LogP contribution in [-0.4, -0.2) is 28.0 Å². The Balaban J connectivity index is 2.72. The van der Waals surface area contributed by atoms with Crippen LogP contribution in [0.15, 0.2) is 18.5 Å². The van der Waals surface area contributed by atoms with E-state index in [0.717, 1.165) is 6.42 Å². The zero-order valence-electron chi connectivity index (χ0n) is 10.0. The Morgan fingerprint density at radius 1 is 1.56 bits per heavy atom. The van der Waals surface area contributed by atoms with Crippen molar-refractivity contribution in [2.75, 3.05) is 0 Å². The van der Waals surface area contributed by atoms with Gasteiger partial charge in [-0.25, -0.2) is 0 Å². The molecule has 98 valence electrons. The third kappa shape index (κ3) is 4.33. The molecule has 6 heteroatoms. The van der Waals surface area contributed by atoms with Crippen molar-refractivity contribution >= 4 is 23.5 Å².